The third kappa shape index (κ3) is 2.68. The smallest absolute Gasteiger partial charge is 0.243 e. The third-order valence-corrected chi connectivity index (χ3v) is 4.44. The number of nitrogens with two attached hydrogens (primary N) is 1. The van der Waals surface area contributed by atoms with Gasteiger partial charge in [0.25, 0.3) is 0 Å². The number of primary amides is 1. The Kier molecular flexibility index (Phi) is 3.71. The summed E-state index contributed by atoms with van der Waals surface area (Å²) >= 11 is 3.44. The van der Waals surface area contributed by atoms with E-state index < -0.39 is 11.9 Å². The van der Waals surface area contributed by atoms with Crippen LogP contribution in [0.15, 0.2) is 34.9 Å². The van der Waals surface area contributed by atoms with Gasteiger partial charge >= 0.3 is 0 Å². The number of aromatic nitrogens is 1. The minimum atomic E-state index is -0.453. The number of amides is 2. The molecule has 0 bridgehead atoms. The Labute approximate surface area is 130 Å². The Morgan fingerprint density at radius 3 is 2.90 bits per heavy atom. The van der Waals surface area contributed by atoms with Crippen LogP contribution >= 0.6 is 15.9 Å². The maximum absolute atomic E-state index is 12.4. The van der Waals surface area contributed by atoms with Crippen molar-refractivity contribution >= 4 is 38.6 Å². The van der Waals surface area contributed by atoms with E-state index in [1.807, 2.05) is 35.0 Å². The molecule has 1 aliphatic heterocycles. The van der Waals surface area contributed by atoms with Crippen molar-refractivity contribution in [1.82, 2.24) is 9.47 Å². The molecule has 1 fully saturated rings. The molecule has 21 heavy (non-hydrogen) atoms. The van der Waals surface area contributed by atoms with Crippen molar-refractivity contribution in [2.45, 2.75) is 25.4 Å². The number of benzene rings is 1. The van der Waals surface area contributed by atoms with E-state index in [1.165, 1.54) is 0 Å². The summed E-state index contributed by atoms with van der Waals surface area (Å²) in [6.07, 6.45) is 3.39. The maximum atomic E-state index is 12.4. The van der Waals surface area contributed by atoms with Gasteiger partial charge in [0.15, 0.2) is 0 Å². The Bertz CT molecular complexity index is 710. The average molecular weight is 350 g/mol. The molecule has 0 saturated carbocycles. The lowest BCUT2D eigenvalue weighted by Crippen LogP contribution is -2.44. The molecule has 0 radical (unpaired) electrons. The van der Waals surface area contributed by atoms with Crippen molar-refractivity contribution in [2.75, 3.05) is 6.54 Å². The maximum Gasteiger partial charge on any atom is 0.243 e. The summed E-state index contributed by atoms with van der Waals surface area (Å²) in [5.41, 5.74) is 6.36. The largest absolute Gasteiger partial charge is 0.368 e. The molecule has 110 valence electrons. The zero-order valence-electron chi connectivity index (χ0n) is 11.5. The van der Waals surface area contributed by atoms with Crippen LogP contribution in [0.5, 0.6) is 0 Å². The molecular formula is C15H16BrN3O2. The first kappa shape index (κ1) is 14.1. The highest BCUT2D eigenvalue weighted by molar-refractivity contribution is 9.10. The van der Waals surface area contributed by atoms with Crippen molar-refractivity contribution in [3.8, 4) is 0 Å². The van der Waals surface area contributed by atoms with Crippen LogP contribution in [0.2, 0.25) is 0 Å². The number of rotatable bonds is 3. The van der Waals surface area contributed by atoms with Crippen LogP contribution in [0, 0.1) is 0 Å². The van der Waals surface area contributed by atoms with Crippen molar-refractivity contribution < 1.29 is 9.59 Å². The molecule has 5 nitrogen and oxygen atoms in total. The molecule has 0 spiro atoms. The second-order valence-electron chi connectivity index (χ2n) is 5.29. The first-order valence-corrected chi connectivity index (χ1v) is 7.69. The number of hydrogen-bond acceptors (Lipinski definition) is 2. The highest BCUT2D eigenvalue weighted by Gasteiger charge is 2.32. The van der Waals surface area contributed by atoms with Gasteiger partial charge in [0.2, 0.25) is 11.8 Å². The standard InChI is InChI=1S/C15H16BrN3O2/c16-11-4-3-10-5-7-18(13(10)8-11)9-14(20)19-6-1-2-12(19)15(17)21/h3-5,7-8,12H,1-2,6,9H2,(H2,17,21)/t12-/m1/s1. The van der Waals surface area contributed by atoms with E-state index in [0.717, 1.165) is 21.8 Å². The van der Waals surface area contributed by atoms with Gasteiger partial charge in [-0.1, -0.05) is 22.0 Å². The lowest BCUT2D eigenvalue weighted by molar-refractivity contribution is -0.137. The molecule has 2 amide bonds. The van der Waals surface area contributed by atoms with Gasteiger partial charge in [-0.05, 0) is 36.4 Å². The minimum Gasteiger partial charge on any atom is -0.368 e. The fourth-order valence-electron chi connectivity index (χ4n) is 2.89. The summed E-state index contributed by atoms with van der Waals surface area (Å²) in [6.45, 7) is 0.832. The summed E-state index contributed by atoms with van der Waals surface area (Å²) in [5.74, 6) is -0.477. The Balaban J connectivity index is 1.83. The van der Waals surface area contributed by atoms with Crippen molar-refractivity contribution in [1.29, 1.82) is 0 Å². The summed E-state index contributed by atoms with van der Waals surface area (Å²) in [7, 11) is 0. The number of hydrogen-bond donors (Lipinski definition) is 1. The molecule has 2 heterocycles. The van der Waals surface area contributed by atoms with Gasteiger partial charge in [0.05, 0.1) is 0 Å². The van der Waals surface area contributed by atoms with Crippen molar-refractivity contribution in [2.24, 2.45) is 5.73 Å². The molecule has 1 atom stereocenters. The van der Waals surface area contributed by atoms with Gasteiger partial charge in [0, 0.05) is 22.7 Å². The molecule has 2 aromatic rings. The molecule has 1 aliphatic rings. The fourth-order valence-corrected chi connectivity index (χ4v) is 3.24. The average Bonchev–Trinajstić information content (AvgIpc) is 3.06. The van der Waals surface area contributed by atoms with E-state index in [0.29, 0.717) is 13.0 Å². The number of fused-ring (bicyclic) bond motifs is 1. The topological polar surface area (TPSA) is 68.3 Å². The number of likely N-dealkylation sites (tertiary alicyclic amines) is 1. The van der Waals surface area contributed by atoms with Crippen molar-refractivity contribution in [3.05, 3.63) is 34.9 Å². The van der Waals surface area contributed by atoms with Crippen LogP contribution < -0.4 is 5.73 Å². The molecule has 2 N–H and O–H groups in total. The molecule has 1 aromatic carbocycles. The van der Waals surface area contributed by atoms with Crippen LogP contribution in [0.25, 0.3) is 10.9 Å². The van der Waals surface area contributed by atoms with Crippen molar-refractivity contribution in [3.63, 3.8) is 0 Å². The number of carbonyl (C=O) groups is 2. The van der Waals surface area contributed by atoms with Crippen LogP contribution in [0.1, 0.15) is 12.8 Å². The predicted octanol–water partition coefficient (Wildman–Crippen LogP) is 1.88. The van der Waals surface area contributed by atoms with E-state index in [2.05, 4.69) is 15.9 Å². The second-order valence-corrected chi connectivity index (χ2v) is 6.21. The third-order valence-electron chi connectivity index (χ3n) is 3.94. The van der Waals surface area contributed by atoms with E-state index in [1.54, 1.807) is 4.90 Å². The van der Waals surface area contributed by atoms with Gasteiger partial charge < -0.3 is 15.2 Å². The molecule has 0 aliphatic carbocycles. The molecule has 3 rings (SSSR count). The van der Waals surface area contributed by atoms with E-state index >= 15 is 0 Å². The fraction of sp³-hybridized carbons (Fsp3) is 0.333. The zero-order chi connectivity index (χ0) is 15.0. The van der Waals surface area contributed by atoms with E-state index in [9.17, 15) is 9.59 Å². The van der Waals surface area contributed by atoms with Crippen LogP contribution in [0.3, 0.4) is 0 Å². The van der Waals surface area contributed by atoms with Crippen LogP contribution in [-0.2, 0) is 16.1 Å². The molecular weight excluding hydrogens is 334 g/mol. The monoisotopic (exact) mass is 349 g/mol. The van der Waals surface area contributed by atoms with Gasteiger partial charge in [-0.2, -0.15) is 0 Å². The predicted molar refractivity (Wildman–Crippen MR) is 83.6 cm³/mol. The lowest BCUT2D eigenvalue weighted by atomic mass is 10.2. The summed E-state index contributed by atoms with van der Waals surface area (Å²) in [5, 5.41) is 1.08. The number of carbonyl (C=O) groups excluding carboxylic acids is 2. The van der Waals surface area contributed by atoms with E-state index in [4.69, 9.17) is 5.73 Å². The summed E-state index contributed by atoms with van der Waals surface area (Å²) in [6, 6.07) is 7.48. The molecule has 0 unspecified atom stereocenters. The van der Waals surface area contributed by atoms with Gasteiger partial charge in [-0.25, -0.2) is 0 Å². The number of halogens is 1. The van der Waals surface area contributed by atoms with Gasteiger partial charge in [-0.3, -0.25) is 9.59 Å². The Morgan fingerprint density at radius 2 is 2.14 bits per heavy atom. The SMILES string of the molecule is NC(=O)[C@H]1CCCN1C(=O)Cn1ccc2ccc(Br)cc21. The van der Waals surface area contributed by atoms with E-state index in [-0.39, 0.29) is 12.5 Å². The Morgan fingerprint density at radius 1 is 1.33 bits per heavy atom. The van der Waals surface area contributed by atoms with Gasteiger partial charge in [-0.15, -0.1) is 0 Å². The van der Waals surface area contributed by atoms with Crippen LogP contribution in [-0.4, -0.2) is 33.9 Å². The normalized spacial score (nSPS) is 18.3. The lowest BCUT2D eigenvalue weighted by Gasteiger charge is -2.22. The zero-order valence-corrected chi connectivity index (χ0v) is 13.0. The molecule has 1 saturated heterocycles. The van der Waals surface area contributed by atoms with Gasteiger partial charge in [0.1, 0.15) is 12.6 Å². The second kappa shape index (κ2) is 5.52. The first-order valence-electron chi connectivity index (χ1n) is 6.89. The first-order chi connectivity index (χ1) is 10.1. The highest BCUT2D eigenvalue weighted by Crippen LogP contribution is 2.22. The number of nitrogens with zero attached hydrogens (tertiary/aromatic N) is 2. The molecule has 6 heteroatoms. The Hall–Kier alpha value is -1.82. The minimum absolute atomic E-state index is 0.0613. The highest BCUT2D eigenvalue weighted by atomic mass is 79.9. The quantitative estimate of drug-likeness (QED) is 0.918. The summed E-state index contributed by atoms with van der Waals surface area (Å²) in [4.78, 5) is 25.4. The summed E-state index contributed by atoms with van der Waals surface area (Å²) < 4.78 is 2.87. The molecule has 1 aromatic heterocycles. The van der Waals surface area contributed by atoms with Crippen LogP contribution in [0.4, 0.5) is 0 Å².